The van der Waals surface area contributed by atoms with E-state index in [0.29, 0.717) is 39.9 Å². The second kappa shape index (κ2) is 14.6. The normalized spacial score (nSPS) is 17.5. The first-order valence-electron chi connectivity index (χ1n) is 15.1. The van der Waals surface area contributed by atoms with Gasteiger partial charge in [0.25, 0.3) is 11.8 Å². The number of carbonyl (C=O) groups excluding carboxylic acids is 3. The van der Waals surface area contributed by atoms with E-state index in [1.807, 2.05) is 25.1 Å². The number of benzene rings is 3. The maximum atomic E-state index is 14.3. The minimum Gasteiger partial charge on any atom is -0.357 e. The summed E-state index contributed by atoms with van der Waals surface area (Å²) >= 11 is 12.6. The highest BCUT2D eigenvalue weighted by atomic mass is 35.5. The van der Waals surface area contributed by atoms with Crippen LogP contribution in [-0.4, -0.2) is 61.1 Å². The van der Waals surface area contributed by atoms with Crippen LogP contribution in [0.15, 0.2) is 60.7 Å². The monoisotopic (exact) mass is 636 g/mol. The Morgan fingerprint density at radius 1 is 0.955 bits per heavy atom. The standard InChI is InChI=1S/C34H38Cl2N4O4/c1-22-20-27(38-33(42)29-7-3-4-8-30(29)36)11-12-28(22)34(43)40-31-13-10-25(35)21-24(31)6-5-9-32(40)44-19-18-39-16-14-26(15-17-39)37-23(2)41/h3-4,7-8,10-13,20-21,26,32H,5-6,9,14-19H2,1-2H3,(H,37,41)(H,38,42). The SMILES string of the molecule is CC(=O)NC1CCN(CCOC2CCCc3cc(Cl)ccc3N2C(=O)c2ccc(NC(=O)c3ccccc3Cl)cc2C)CC1. The first kappa shape index (κ1) is 32.0. The minimum absolute atomic E-state index is 0.0122. The summed E-state index contributed by atoms with van der Waals surface area (Å²) in [7, 11) is 0. The molecule has 5 rings (SSSR count). The van der Waals surface area contributed by atoms with E-state index in [9.17, 15) is 14.4 Å². The molecule has 3 aromatic rings. The second-order valence-corrected chi connectivity index (χ2v) is 12.3. The van der Waals surface area contributed by atoms with Crippen molar-refractivity contribution in [1.29, 1.82) is 0 Å². The summed E-state index contributed by atoms with van der Waals surface area (Å²) < 4.78 is 6.47. The zero-order valence-electron chi connectivity index (χ0n) is 25.1. The van der Waals surface area contributed by atoms with Crippen molar-refractivity contribution in [2.45, 2.75) is 58.2 Å². The van der Waals surface area contributed by atoms with Gasteiger partial charge in [-0.2, -0.15) is 0 Å². The third-order valence-corrected chi connectivity index (χ3v) is 8.82. The smallest absolute Gasteiger partial charge is 0.260 e. The summed E-state index contributed by atoms with van der Waals surface area (Å²) in [4.78, 5) is 42.6. The van der Waals surface area contributed by atoms with Crippen LogP contribution in [0.1, 0.15) is 64.4 Å². The number of amides is 3. The number of nitrogens with one attached hydrogen (secondary N) is 2. The van der Waals surface area contributed by atoms with Crippen LogP contribution in [-0.2, 0) is 16.0 Å². The van der Waals surface area contributed by atoms with Crippen molar-refractivity contribution in [1.82, 2.24) is 10.2 Å². The summed E-state index contributed by atoms with van der Waals surface area (Å²) in [5, 5.41) is 6.90. The van der Waals surface area contributed by atoms with E-state index in [-0.39, 0.29) is 23.8 Å². The molecule has 2 heterocycles. The number of piperidine rings is 1. The van der Waals surface area contributed by atoms with Gasteiger partial charge in [-0.3, -0.25) is 19.3 Å². The molecule has 0 aromatic heterocycles. The molecule has 1 atom stereocenters. The molecule has 10 heteroatoms. The van der Waals surface area contributed by atoms with Crippen LogP contribution in [0.4, 0.5) is 11.4 Å². The molecule has 3 amide bonds. The highest BCUT2D eigenvalue weighted by Gasteiger charge is 2.32. The molecule has 1 fully saturated rings. The molecule has 0 spiro atoms. The molecular formula is C34H38Cl2N4O4. The first-order chi connectivity index (χ1) is 21.2. The zero-order valence-corrected chi connectivity index (χ0v) is 26.6. The molecule has 232 valence electrons. The molecule has 1 unspecified atom stereocenters. The van der Waals surface area contributed by atoms with Gasteiger partial charge in [-0.25, -0.2) is 0 Å². The van der Waals surface area contributed by atoms with Gasteiger partial charge in [0.1, 0.15) is 6.23 Å². The molecule has 0 aliphatic carbocycles. The van der Waals surface area contributed by atoms with Gasteiger partial charge in [-0.15, -0.1) is 0 Å². The van der Waals surface area contributed by atoms with E-state index in [2.05, 4.69) is 15.5 Å². The van der Waals surface area contributed by atoms with Crippen LogP contribution in [0.2, 0.25) is 10.0 Å². The van der Waals surface area contributed by atoms with Gasteiger partial charge >= 0.3 is 0 Å². The minimum atomic E-state index is -0.444. The fraction of sp³-hybridized carbons (Fsp3) is 0.382. The Kier molecular flexibility index (Phi) is 10.6. The quantitative estimate of drug-likeness (QED) is 0.295. The Hall–Kier alpha value is -3.43. The third-order valence-electron chi connectivity index (χ3n) is 8.25. The number of carbonyl (C=O) groups is 3. The summed E-state index contributed by atoms with van der Waals surface area (Å²) in [5.74, 6) is -0.475. The van der Waals surface area contributed by atoms with Gasteiger partial charge in [0.15, 0.2) is 0 Å². The maximum absolute atomic E-state index is 14.3. The van der Waals surface area contributed by atoms with Crippen LogP contribution in [0.25, 0.3) is 0 Å². The van der Waals surface area contributed by atoms with E-state index in [0.717, 1.165) is 62.1 Å². The average Bonchev–Trinajstić information content (AvgIpc) is 3.16. The number of fused-ring (bicyclic) bond motifs is 1. The lowest BCUT2D eigenvalue weighted by molar-refractivity contribution is -0.120. The van der Waals surface area contributed by atoms with Crippen molar-refractivity contribution in [3.05, 3.63) is 93.0 Å². The van der Waals surface area contributed by atoms with Gasteiger partial charge in [0, 0.05) is 54.6 Å². The second-order valence-electron chi connectivity index (χ2n) is 11.4. The highest BCUT2D eigenvalue weighted by Crippen LogP contribution is 2.34. The number of hydrogen-bond acceptors (Lipinski definition) is 5. The topological polar surface area (TPSA) is 91.0 Å². The van der Waals surface area contributed by atoms with Gasteiger partial charge in [-0.1, -0.05) is 35.3 Å². The first-order valence-corrected chi connectivity index (χ1v) is 15.8. The van der Waals surface area contributed by atoms with Gasteiger partial charge in [-0.05, 0) is 98.7 Å². The lowest BCUT2D eigenvalue weighted by Gasteiger charge is -2.34. The van der Waals surface area contributed by atoms with Gasteiger partial charge in [0.2, 0.25) is 5.91 Å². The third kappa shape index (κ3) is 7.80. The number of halogens is 2. The van der Waals surface area contributed by atoms with Crippen molar-refractivity contribution in [2.24, 2.45) is 0 Å². The van der Waals surface area contributed by atoms with Crippen LogP contribution < -0.4 is 15.5 Å². The number of rotatable bonds is 8. The summed E-state index contributed by atoms with van der Waals surface area (Å²) in [6.45, 7) is 6.43. The van der Waals surface area contributed by atoms with Crippen LogP contribution >= 0.6 is 23.2 Å². The maximum Gasteiger partial charge on any atom is 0.260 e. The summed E-state index contributed by atoms with van der Waals surface area (Å²) in [6, 6.07) is 18.0. The number of anilines is 2. The summed E-state index contributed by atoms with van der Waals surface area (Å²) in [5.41, 5.74) is 4.02. The predicted octanol–water partition coefficient (Wildman–Crippen LogP) is 6.48. The van der Waals surface area contributed by atoms with Crippen LogP contribution in [0.5, 0.6) is 0 Å². The fourth-order valence-electron chi connectivity index (χ4n) is 6.00. The predicted molar refractivity (Wildman–Crippen MR) is 175 cm³/mol. The molecule has 0 bridgehead atoms. The van der Waals surface area contributed by atoms with Crippen molar-refractivity contribution < 1.29 is 19.1 Å². The van der Waals surface area contributed by atoms with E-state index in [1.54, 1.807) is 54.3 Å². The Morgan fingerprint density at radius 3 is 2.45 bits per heavy atom. The molecule has 8 nitrogen and oxygen atoms in total. The van der Waals surface area contributed by atoms with E-state index >= 15 is 0 Å². The fourth-order valence-corrected chi connectivity index (χ4v) is 6.42. The summed E-state index contributed by atoms with van der Waals surface area (Å²) in [6.07, 6.45) is 3.72. The number of hydrogen-bond donors (Lipinski definition) is 2. The number of aryl methyl sites for hydroxylation is 2. The Bertz CT molecular complexity index is 1520. The molecule has 1 saturated heterocycles. The lowest BCUT2D eigenvalue weighted by atomic mass is 10.0. The molecular weight excluding hydrogens is 599 g/mol. The van der Waals surface area contributed by atoms with Crippen LogP contribution in [0.3, 0.4) is 0 Å². The molecule has 3 aromatic carbocycles. The Morgan fingerprint density at radius 2 is 1.73 bits per heavy atom. The van der Waals surface area contributed by atoms with Crippen molar-refractivity contribution in [2.75, 3.05) is 36.5 Å². The van der Waals surface area contributed by atoms with Crippen LogP contribution in [0, 0.1) is 6.92 Å². The van der Waals surface area contributed by atoms with Gasteiger partial charge in [0.05, 0.1) is 17.2 Å². The molecule has 2 N–H and O–H groups in total. The Labute approximate surface area is 268 Å². The number of nitrogens with zero attached hydrogens (tertiary/aromatic N) is 2. The highest BCUT2D eigenvalue weighted by molar-refractivity contribution is 6.34. The zero-order chi connectivity index (χ0) is 31.2. The Balaban J connectivity index is 1.31. The molecule has 0 radical (unpaired) electrons. The number of ether oxygens (including phenoxy) is 1. The molecule has 2 aliphatic rings. The van der Waals surface area contributed by atoms with Crippen molar-refractivity contribution in [3.8, 4) is 0 Å². The van der Waals surface area contributed by atoms with E-state index in [1.165, 1.54) is 0 Å². The van der Waals surface area contributed by atoms with Crippen molar-refractivity contribution in [3.63, 3.8) is 0 Å². The molecule has 2 aliphatic heterocycles. The molecule has 44 heavy (non-hydrogen) atoms. The molecule has 0 saturated carbocycles. The average molecular weight is 638 g/mol. The van der Waals surface area contributed by atoms with E-state index < -0.39 is 6.23 Å². The van der Waals surface area contributed by atoms with Gasteiger partial charge < -0.3 is 20.3 Å². The van der Waals surface area contributed by atoms with E-state index in [4.69, 9.17) is 27.9 Å². The largest absolute Gasteiger partial charge is 0.357 e. The number of likely N-dealkylation sites (tertiary alicyclic amines) is 1. The lowest BCUT2D eigenvalue weighted by Crippen LogP contribution is -2.46. The van der Waals surface area contributed by atoms with Crippen molar-refractivity contribution >= 4 is 52.3 Å².